The van der Waals surface area contributed by atoms with Crippen molar-refractivity contribution in [1.29, 1.82) is 0 Å². The van der Waals surface area contributed by atoms with Gasteiger partial charge in [0.1, 0.15) is 11.4 Å². The van der Waals surface area contributed by atoms with Crippen molar-refractivity contribution in [2.45, 2.75) is 31.9 Å². The Bertz CT molecular complexity index is 1750. The first-order valence-electron chi connectivity index (χ1n) is 13.0. The Kier molecular flexibility index (Phi) is 7.01. The predicted molar refractivity (Wildman–Crippen MR) is 159 cm³/mol. The zero-order valence-electron chi connectivity index (χ0n) is 22.2. The summed E-state index contributed by atoms with van der Waals surface area (Å²) in [5.74, 6) is -0.463. The number of carbonyl (C=O) groups is 1. The van der Waals surface area contributed by atoms with Crippen LogP contribution in [0.3, 0.4) is 0 Å². The van der Waals surface area contributed by atoms with E-state index < -0.39 is 17.5 Å². The molecule has 0 saturated carbocycles. The number of halogens is 3. The van der Waals surface area contributed by atoms with Crippen molar-refractivity contribution in [3.8, 4) is 39.5 Å². The number of aromatic amines is 1. The van der Waals surface area contributed by atoms with Crippen molar-refractivity contribution in [1.82, 2.24) is 20.5 Å². The highest BCUT2D eigenvalue weighted by Gasteiger charge is 2.37. The van der Waals surface area contributed by atoms with E-state index in [4.69, 9.17) is 32.9 Å². The average molecular weight is 587 g/mol. The molecule has 0 spiro atoms. The van der Waals surface area contributed by atoms with Crippen LogP contribution >= 0.6 is 23.2 Å². The van der Waals surface area contributed by atoms with Crippen molar-refractivity contribution in [2.75, 3.05) is 0 Å². The molecule has 5 aromatic rings. The molecule has 41 heavy (non-hydrogen) atoms. The first-order valence-corrected chi connectivity index (χ1v) is 13.8. The van der Waals surface area contributed by atoms with E-state index in [1.54, 1.807) is 12.3 Å². The maximum Gasteiger partial charge on any atom is 0.251 e. The van der Waals surface area contributed by atoms with Crippen LogP contribution in [0.1, 0.15) is 42.2 Å². The molecule has 0 unspecified atom stereocenters. The molecular formula is C32H25Cl2FN4O2. The minimum absolute atomic E-state index is 0.238. The second-order valence-corrected chi connectivity index (χ2v) is 11.4. The van der Waals surface area contributed by atoms with E-state index in [2.05, 4.69) is 15.5 Å². The maximum atomic E-state index is 13.8. The summed E-state index contributed by atoms with van der Waals surface area (Å²) in [5, 5.41) is 11.2. The number of rotatable bonds is 5. The van der Waals surface area contributed by atoms with E-state index in [9.17, 15) is 9.18 Å². The van der Waals surface area contributed by atoms with Crippen LogP contribution in [-0.2, 0) is 0 Å². The highest BCUT2D eigenvalue weighted by molar-refractivity contribution is 6.33. The van der Waals surface area contributed by atoms with E-state index >= 15 is 0 Å². The van der Waals surface area contributed by atoms with Crippen LogP contribution in [0.2, 0.25) is 10.0 Å². The van der Waals surface area contributed by atoms with Gasteiger partial charge in [-0.2, -0.15) is 5.10 Å². The van der Waals surface area contributed by atoms with Gasteiger partial charge in [0.15, 0.2) is 0 Å². The zero-order valence-corrected chi connectivity index (χ0v) is 23.7. The molecule has 0 radical (unpaired) electrons. The first-order chi connectivity index (χ1) is 19.7. The highest BCUT2D eigenvalue weighted by Crippen LogP contribution is 2.45. The van der Waals surface area contributed by atoms with Gasteiger partial charge in [-0.1, -0.05) is 53.5 Å². The van der Waals surface area contributed by atoms with Gasteiger partial charge in [-0.3, -0.25) is 9.89 Å². The minimum atomic E-state index is -0.632. The van der Waals surface area contributed by atoms with Gasteiger partial charge in [-0.15, -0.1) is 0 Å². The number of pyridine rings is 1. The van der Waals surface area contributed by atoms with Gasteiger partial charge in [-0.05, 0) is 67.9 Å². The molecule has 9 heteroatoms. The summed E-state index contributed by atoms with van der Waals surface area (Å²) in [7, 11) is 0. The third kappa shape index (κ3) is 5.56. The smallest absolute Gasteiger partial charge is 0.251 e. The fourth-order valence-corrected chi connectivity index (χ4v) is 5.49. The second kappa shape index (κ2) is 10.7. The Balaban J connectivity index is 1.48. The molecule has 0 aliphatic carbocycles. The lowest BCUT2D eigenvalue weighted by atomic mass is 9.88. The predicted octanol–water partition coefficient (Wildman–Crippen LogP) is 8.28. The summed E-state index contributed by atoms with van der Waals surface area (Å²) in [4.78, 5) is 18.2. The summed E-state index contributed by atoms with van der Waals surface area (Å²) >= 11 is 13.1. The molecular weight excluding hydrogens is 562 g/mol. The van der Waals surface area contributed by atoms with Gasteiger partial charge in [0.05, 0.1) is 22.5 Å². The standard InChI is InChI=1S/C32H25Cl2FN4O2/c1-32(2)17-28(37-30(40)20-4-3-5-22(35)14-20)25-16-24(18-6-9-21(33)10-7-18)29(38-31(25)41-32)23-11-8-19(15-26(23)34)27-12-13-36-39-27/h3-16,28H,17H2,1-2H3,(H,36,39)(H,37,40)/t28-/m1/s1. The number of amides is 1. The van der Waals surface area contributed by atoms with Gasteiger partial charge in [0.2, 0.25) is 5.88 Å². The summed E-state index contributed by atoms with van der Waals surface area (Å²) in [6, 6.07) is 22.2. The number of hydrogen-bond donors (Lipinski definition) is 2. The largest absolute Gasteiger partial charge is 0.471 e. The van der Waals surface area contributed by atoms with E-state index in [1.165, 1.54) is 18.2 Å². The third-order valence-electron chi connectivity index (χ3n) is 7.03. The normalized spacial score (nSPS) is 15.6. The van der Waals surface area contributed by atoms with Crippen molar-refractivity contribution in [2.24, 2.45) is 0 Å². The van der Waals surface area contributed by atoms with Crippen LogP contribution < -0.4 is 10.1 Å². The number of nitrogens with zero attached hydrogens (tertiary/aromatic N) is 2. The number of H-pyrrole nitrogens is 1. The Morgan fingerprint density at radius 3 is 2.49 bits per heavy atom. The molecule has 6 nitrogen and oxygen atoms in total. The number of carbonyl (C=O) groups excluding carboxylic acids is 1. The second-order valence-electron chi connectivity index (χ2n) is 10.5. The van der Waals surface area contributed by atoms with E-state index in [1.807, 2.05) is 68.4 Å². The number of hydrogen-bond acceptors (Lipinski definition) is 4. The molecule has 0 bridgehead atoms. The van der Waals surface area contributed by atoms with Gasteiger partial charge in [0.25, 0.3) is 5.91 Å². The van der Waals surface area contributed by atoms with Crippen molar-refractivity contribution >= 4 is 29.1 Å². The lowest BCUT2D eigenvalue weighted by molar-refractivity contribution is 0.0572. The van der Waals surface area contributed by atoms with Crippen LogP contribution in [0.15, 0.2) is 85.1 Å². The molecule has 1 aliphatic rings. The third-order valence-corrected chi connectivity index (χ3v) is 7.59. The fraction of sp³-hybridized carbons (Fsp3) is 0.156. The van der Waals surface area contributed by atoms with Crippen LogP contribution in [0, 0.1) is 5.82 Å². The summed E-state index contributed by atoms with van der Waals surface area (Å²) in [6.07, 6.45) is 2.24. The molecule has 0 fully saturated rings. The SMILES string of the molecule is CC1(C)C[C@@H](NC(=O)c2cccc(F)c2)c2cc(-c3ccc(Cl)cc3)c(-c3ccc(-c4cc[nH]n4)cc3Cl)nc2O1. The van der Waals surface area contributed by atoms with Crippen molar-refractivity contribution < 1.29 is 13.9 Å². The lowest BCUT2D eigenvalue weighted by Crippen LogP contribution is -2.41. The number of ether oxygens (including phenoxy) is 1. The molecule has 1 aliphatic heterocycles. The van der Waals surface area contributed by atoms with E-state index in [0.29, 0.717) is 39.2 Å². The lowest BCUT2D eigenvalue weighted by Gasteiger charge is -2.37. The molecule has 6 rings (SSSR count). The summed E-state index contributed by atoms with van der Waals surface area (Å²) in [6.45, 7) is 3.88. The topological polar surface area (TPSA) is 79.9 Å². The van der Waals surface area contributed by atoms with Crippen molar-refractivity contribution in [3.63, 3.8) is 0 Å². The number of benzene rings is 3. The Morgan fingerprint density at radius 2 is 1.78 bits per heavy atom. The van der Waals surface area contributed by atoms with Gasteiger partial charge >= 0.3 is 0 Å². The van der Waals surface area contributed by atoms with Gasteiger partial charge in [0, 0.05) is 45.5 Å². The molecule has 206 valence electrons. The molecule has 1 atom stereocenters. The van der Waals surface area contributed by atoms with Crippen LogP contribution in [0.5, 0.6) is 5.88 Å². The number of nitrogens with one attached hydrogen (secondary N) is 2. The minimum Gasteiger partial charge on any atom is -0.471 e. The number of aromatic nitrogens is 3. The fourth-order valence-electron chi connectivity index (χ4n) is 5.09. The molecule has 1 amide bonds. The maximum absolute atomic E-state index is 13.8. The monoisotopic (exact) mass is 586 g/mol. The molecule has 0 saturated heterocycles. The molecule has 3 aromatic carbocycles. The number of fused-ring (bicyclic) bond motifs is 1. The molecule has 2 aromatic heterocycles. The van der Waals surface area contributed by atoms with Gasteiger partial charge in [-0.25, -0.2) is 9.37 Å². The van der Waals surface area contributed by atoms with E-state index in [0.717, 1.165) is 22.4 Å². The Hall–Kier alpha value is -4.20. The Labute approximate surface area is 246 Å². The molecule has 2 N–H and O–H groups in total. The van der Waals surface area contributed by atoms with Crippen LogP contribution in [-0.4, -0.2) is 26.7 Å². The summed E-state index contributed by atoms with van der Waals surface area (Å²) in [5.41, 5.74) is 4.96. The first kappa shape index (κ1) is 27.0. The van der Waals surface area contributed by atoms with Crippen molar-refractivity contribution in [3.05, 3.63) is 112 Å². The average Bonchev–Trinajstić information content (AvgIpc) is 3.48. The Morgan fingerprint density at radius 1 is 1.00 bits per heavy atom. The highest BCUT2D eigenvalue weighted by atomic mass is 35.5. The van der Waals surface area contributed by atoms with Crippen LogP contribution in [0.25, 0.3) is 33.6 Å². The summed E-state index contributed by atoms with van der Waals surface area (Å²) < 4.78 is 20.2. The van der Waals surface area contributed by atoms with Crippen LogP contribution in [0.4, 0.5) is 4.39 Å². The van der Waals surface area contributed by atoms with E-state index in [-0.39, 0.29) is 11.5 Å². The van der Waals surface area contributed by atoms with Gasteiger partial charge < -0.3 is 10.1 Å². The quantitative estimate of drug-likeness (QED) is 0.217. The zero-order chi connectivity index (χ0) is 28.7. The molecule has 3 heterocycles.